The molecular weight excluding hydrogens is 344 g/mol. The molecule has 0 aromatic rings. The maximum Gasteiger partial charge on any atom is 0.222 e. The molecule has 1 rings (SSSR count). The Morgan fingerprint density at radius 3 is 2.56 bits per heavy atom. The molecule has 146 valence electrons. The van der Waals surface area contributed by atoms with E-state index in [0.717, 1.165) is 39.0 Å². The Morgan fingerprint density at radius 2 is 1.92 bits per heavy atom. The first-order valence-corrected chi connectivity index (χ1v) is 10.8. The molecule has 1 aliphatic heterocycles. The summed E-state index contributed by atoms with van der Waals surface area (Å²) in [5.41, 5.74) is 0. The molecule has 1 fully saturated rings. The summed E-state index contributed by atoms with van der Waals surface area (Å²) in [6, 6.07) is -0.248. The zero-order chi connectivity index (χ0) is 18.5. The molecule has 3 N–H and O–H groups in total. The van der Waals surface area contributed by atoms with Crippen LogP contribution in [0.1, 0.15) is 39.0 Å². The van der Waals surface area contributed by atoms with Crippen molar-refractivity contribution in [2.75, 3.05) is 44.9 Å². The average molecular weight is 377 g/mol. The molecule has 1 atom stereocenters. The van der Waals surface area contributed by atoms with E-state index in [2.05, 4.69) is 27.9 Å². The standard InChI is InChI=1S/C16H32N4O4S/c1-3-4-10-24-11-5-8-18-16(17-2)19-9-6-15(21)20-14-7-12-25(22,23)13-14/h14H,3-13H2,1-2H3,(H,20,21)(H2,17,18,19). The molecule has 1 amide bonds. The lowest BCUT2D eigenvalue weighted by Crippen LogP contribution is -2.41. The van der Waals surface area contributed by atoms with Crippen LogP contribution in [0.25, 0.3) is 0 Å². The van der Waals surface area contributed by atoms with Crippen molar-refractivity contribution in [3.05, 3.63) is 0 Å². The van der Waals surface area contributed by atoms with Crippen LogP contribution in [-0.2, 0) is 19.4 Å². The van der Waals surface area contributed by atoms with Crippen molar-refractivity contribution >= 4 is 21.7 Å². The Balaban J connectivity index is 2.07. The minimum absolute atomic E-state index is 0.0513. The summed E-state index contributed by atoms with van der Waals surface area (Å²) < 4.78 is 28.2. The largest absolute Gasteiger partial charge is 0.381 e. The molecule has 0 saturated carbocycles. The van der Waals surface area contributed by atoms with E-state index in [9.17, 15) is 13.2 Å². The van der Waals surface area contributed by atoms with Gasteiger partial charge in [-0.25, -0.2) is 8.42 Å². The monoisotopic (exact) mass is 376 g/mol. The topological polar surface area (TPSA) is 109 Å². The molecule has 1 heterocycles. The Morgan fingerprint density at radius 1 is 1.20 bits per heavy atom. The number of amides is 1. The van der Waals surface area contributed by atoms with Crippen molar-refractivity contribution in [2.45, 2.75) is 45.1 Å². The van der Waals surface area contributed by atoms with Gasteiger partial charge in [0.15, 0.2) is 15.8 Å². The Bertz CT molecular complexity index is 522. The molecule has 9 heteroatoms. The lowest BCUT2D eigenvalue weighted by molar-refractivity contribution is -0.121. The predicted octanol–water partition coefficient (Wildman–Crippen LogP) is 0.0516. The summed E-state index contributed by atoms with van der Waals surface area (Å²) in [5, 5.41) is 9.01. The number of carbonyl (C=O) groups excluding carboxylic acids is 1. The second kappa shape index (κ2) is 12.1. The normalized spacial score (nSPS) is 19.6. The Hall–Kier alpha value is -1.35. The molecule has 1 unspecified atom stereocenters. The number of guanidine groups is 1. The van der Waals surface area contributed by atoms with Gasteiger partial charge in [0.1, 0.15) is 0 Å². The van der Waals surface area contributed by atoms with Crippen LogP contribution in [0.4, 0.5) is 0 Å². The van der Waals surface area contributed by atoms with Gasteiger partial charge >= 0.3 is 0 Å². The van der Waals surface area contributed by atoms with E-state index in [1.54, 1.807) is 7.05 Å². The van der Waals surface area contributed by atoms with Crippen LogP contribution in [0.2, 0.25) is 0 Å². The number of nitrogens with zero attached hydrogens (tertiary/aromatic N) is 1. The number of hydrogen-bond donors (Lipinski definition) is 3. The molecule has 0 aromatic carbocycles. The van der Waals surface area contributed by atoms with Crippen molar-refractivity contribution in [3.8, 4) is 0 Å². The van der Waals surface area contributed by atoms with Crippen LogP contribution in [0.15, 0.2) is 4.99 Å². The van der Waals surface area contributed by atoms with Gasteiger partial charge in [0, 0.05) is 45.8 Å². The highest BCUT2D eigenvalue weighted by atomic mass is 32.2. The van der Waals surface area contributed by atoms with E-state index in [0.29, 0.717) is 18.9 Å². The average Bonchev–Trinajstić information content (AvgIpc) is 2.90. The van der Waals surface area contributed by atoms with E-state index >= 15 is 0 Å². The lowest BCUT2D eigenvalue weighted by atomic mass is 10.2. The molecule has 0 spiro atoms. The fourth-order valence-corrected chi connectivity index (χ4v) is 4.13. The molecule has 1 aliphatic rings. The first-order valence-electron chi connectivity index (χ1n) is 8.99. The molecule has 0 aromatic heterocycles. The van der Waals surface area contributed by atoms with Crippen LogP contribution >= 0.6 is 0 Å². The van der Waals surface area contributed by atoms with E-state index in [4.69, 9.17) is 4.74 Å². The van der Waals surface area contributed by atoms with E-state index in [-0.39, 0.29) is 29.9 Å². The van der Waals surface area contributed by atoms with E-state index in [1.807, 2.05) is 0 Å². The summed E-state index contributed by atoms with van der Waals surface area (Å²) in [6.45, 7) is 4.85. The summed E-state index contributed by atoms with van der Waals surface area (Å²) in [7, 11) is -1.29. The van der Waals surface area contributed by atoms with Crippen molar-refractivity contribution in [1.29, 1.82) is 0 Å². The zero-order valence-electron chi connectivity index (χ0n) is 15.3. The molecule has 25 heavy (non-hydrogen) atoms. The second-order valence-corrected chi connectivity index (χ2v) is 8.39. The Kier molecular flexibility index (Phi) is 10.5. The Labute approximate surface area is 151 Å². The van der Waals surface area contributed by atoms with E-state index < -0.39 is 9.84 Å². The molecular formula is C16H32N4O4S. The van der Waals surface area contributed by atoms with Gasteiger partial charge in [0.05, 0.1) is 11.5 Å². The van der Waals surface area contributed by atoms with E-state index in [1.165, 1.54) is 0 Å². The highest BCUT2D eigenvalue weighted by Crippen LogP contribution is 2.11. The fourth-order valence-electron chi connectivity index (χ4n) is 2.45. The maximum atomic E-state index is 11.8. The third-order valence-electron chi connectivity index (χ3n) is 3.87. The quantitative estimate of drug-likeness (QED) is 0.267. The first-order chi connectivity index (χ1) is 12.0. The van der Waals surface area contributed by atoms with Gasteiger partial charge in [-0.05, 0) is 19.3 Å². The third kappa shape index (κ3) is 10.3. The van der Waals surface area contributed by atoms with Gasteiger partial charge in [0.25, 0.3) is 0 Å². The second-order valence-electron chi connectivity index (χ2n) is 6.16. The number of carbonyl (C=O) groups is 1. The highest BCUT2D eigenvalue weighted by Gasteiger charge is 2.28. The molecule has 0 aliphatic carbocycles. The van der Waals surface area contributed by atoms with Crippen molar-refractivity contribution < 1.29 is 17.9 Å². The fraction of sp³-hybridized carbons (Fsp3) is 0.875. The number of nitrogens with one attached hydrogen (secondary N) is 3. The van der Waals surface area contributed by atoms with Crippen molar-refractivity contribution in [1.82, 2.24) is 16.0 Å². The minimum atomic E-state index is -2.97. The number of unbranched alkanes of at least 4 members (excludes halogenated alkanes) is 1. The van der Waals surface area contributed by atoms with Crippen LogP contribution < -0.4 is 16.0 Å². The lowest BCUT2D eigenvalue weighted by Gasteiger charge is -2.13. The predicted molar refractivity (Wildman–Crippen MR) is 99.5 cm³/mol. The van der Waals surface area contributed by atoms with Gasteiger partial charge in [-0.2, -0.15) is 0 Å². The molecule has 0 bridgehead atoms. The number of aliphatic imine (C=N–C) groups is 1. The molecule has 8 nitrogen and oxygen atoms in total. The van der Waals surface area contributed by atoms with Crippen LogP contribution in [0.3, 0.4) is 0 Å². The minimum Gasteiger partial charge on any atom is -0.381 e. The van der Waals surface area contributed by atoms with Gasteiger partial charge < -0.3 is 20.7 Å². The third-order valence-corrected chi connectivity index (χ3v) is 5.63. The first kappa shape index (κ1) is 21.7. The van der Waals surface area contributed by atoms with Crippen LogP contribution in [0, 0.1) is 0 Å². The van der Waals surface area contributed by atoms with Gasteiger partial charge in [0.2, 0.25) is 5.91 Å². The maximum absolute atomic E-state index is 11.8. The smallest absolute Gasteiger partial charge is 0.222 e. The zero-order valence-corrected chi connectivity index (χ0v) is 16.2. The van der Waals surface area contributed by atoms with Gasteiger partial charge in [-0.3, -0.25) is 9.79 Å². The SMILES string of the molecule is CCCCOCCCNC(=NC)NCCC(=O)NC1CCS(=O)(=O)C1. The number of hydrogen-bond acceptors (Lipinski definition) is 5. The summed E-state index contributed by atoms with van der Waals surface area (Å²) in [5.74, 6) is 0.712. The number of sulfone groups is 1. The number of ether oxygens (including phenoxy) is 1. The number of rotatable bonds is 11. The molecule has 1 saturated heterocycles. The van der Waals surface area contributed by atoms with Crippen molar-refractivity contribution in [2.24, 2.45) is 4.99 Å². The van der Waals surface area contributed by atoms with Crippen LogP contribution in [0.5, 0.6) is 0 Å². The summed E-state index contributed by atoms with van der Waals surface area (Å²) >= 11 is 0. The summed E-state index contributed by atoms with van der Waals surface area (Å²) in [4.78, 5) is 15.9. The molecule has 0 radical (unpaired) electrons. The van der Waals surface area contributed by atoms with Gasteiger partial charge in [-0.15, -0.1) is 0 Å². The van der Waals surface area contributed by atoms with Crippen LogP contribution in [-0.4, -0.2) is 71.2 Å². The van der Waals surface area contributed by atoms with Crippen molar-refractivity contribution in [3.63, 3.8) is 0 Å². The van der Waals surface area contributed by atoms with Gasteiger partial charge in [-0.1, -0.05) is 13.3 Å². The highest BCUT2D eigenvalue weighted by molar-refractivity contribution is 7.91. The summed E-state index contributed by atoms with van der Waals surface area (Å²) in [6.07, 6.45) is 3.90.